The Kier molecular flexibility index (Phi) is 2.54. The lowest BCUT2D eigenvalue weighted by Crippen LogP contribution is -1.82. The van der Waals surface area contributed by atoms with Crippen molar-refractivity contribution in [2.45, 2.75) is 20.3 Å². The van der Waals surface area contributed by atoms with Crippen LogP contribution in [0.4, 0.5) is 0 Å². The molecule has 0 saturated carbocycles. The van der Waals surface area contributed by atoms with E-state index in [2.05, 4.69) is 40.0 Å². The van der Waals surface area contributed by atoms with Gasteiger partial charge in [-0.25, -0.2) is 0 Å². The van der Waals surface area contributed by atoms with Crippen molar-refractivity contribution in [2.24, 2.45) is 0 Å². The summed E-state index contributed by atoms with van der Waals surface area (Å²) < 4.78 is 1.10. The molecular weight excluding hydrogens is 252 g/mol. The van der Waals surface area contributed by atoms with E-state index in [1.165, 1.54) is 5.56 Å². The molecule has 0 amide bonds. The van der Waals surface area contributed by atoms with Crippen molar-refractivity contribution in [1.82, 2.24) is 4.98 Å². The molecular formula is C12H11BrN2. The Hall–Kier alpha value is -1.27. The number of rotatable bonds is 1. The van der Waals surface area contributed by atoms with E-state index < -0.39 is 0 Å². The van der Waals surface area contributed by atoms with Crippen LogP contribution in [-0.4, -0.2) is 4.98 Å². The standard InChI is InChI=1S/C12H11BrN2/c1-7-11(13)4-3-10-9(5-6-14)8(2)15-12(7)10/h3-4,15H,5H2,1-2H3. The van der Waals surface area contributed by atoms with Crippen molar-refractivity contribution < 1.29 is 0 Å². The van der Waals surface area contributed by atoms with Crippen molar-refractivity contribution in [1.29, 1.82) is 5.26 Å². The molecule has 0 aliphatic heterocycles. The highest BCUT2D eigenvalue weighted by atomic mass is 79.9. The summed E-state index contributed by atoms with van der Waals surface area (Å²) in [6.45, 7) is 4.08. The fourth-order valence-electron chi connectivity index (χ4n) is 1.87. The van der Waals surface area contributed by atoms with Crippen molar-refractivity contribution in [3.8, 4) is 6.07 Å². The van der Waals surface area contributed by atoms with Crippen LogP contribution in [-0.2, 0) is 6.42 Å². The lowest BCUT2D eigenvalue weighted by Gasteiger charge is -1.99. The zero-order valence-corrected chi connectivity index (χ0v) is 10.3. The van der Waals surface area contributed by atoms with Gasteiger partial charge in [0.1, 0.15) is 0 Å². The molecule has 0 atom stereocenters. The van der Waals surface area contributed by atoms with Crippen LogP contribution >= 0.6 is 15.9 Å². The van der Waals surface area contributed by atoms with E-state index in [9.17, 15) is 0 Å². The van der Waals surface area contributed by atoms with Crippen LogP contribution < -0.4 is 0 Å². The van der Waals surface area contributed by atoms with Crippen LogP contribution in [0.3, 0.4) is 0 Å². The number of nitrogens with zero attached hydrogens (tertiary/aromatic N) is 1. The van der Waals surface area contributed by atoms with E-state index in [1.54, 1.807) is 0 Å². The van der Waals surface area contributed by atoms with Crippen molar-refractivity contribution >= 4 is 26.8 Å². The molecule has 2 aromatic rings. The number of nitrogens with one attached hydrogen (secondary N) is 1. The average molecular weight is 263 g/mol. The molecule has 2 rings (SSSR count). The Labute approximate surface area is 97.0 Å². The maximum absolute atomic E-state index is 8.77. The van der Waals surface area contributed by atoms with Gasteiger partial charge in [0.15, 0.2) is 0 Å². The molecule has 0 fully saturated rings. The molecule has 3 heteroatoms. The van der Waals surface area contributed by atoms with Crippen molar-refractivity contribution in [3.05, 3.63) is 33.4 Å². The van der Waals surface area contributed by atoms with E-state index in [4.69, 9.17) is 5.26 Å². The SMILES string of the molecule is Cc1[nH]c2c(C)c(Br)ccc2c1CC#N. The van der Waals surface area contributed by atoms with E-state index in [0.29, 0.717) is 6.42 Å². The number of halogens is 1. The molecule has 76 valence electrons. The third-order valence-electron chi connectivity index (χ3n) is 2.75. The molecule has 0 radical (unpaired) electrons. The first-order valence-corrected chi connectivity index (χ1v) is 5.57. The fraction of sp³-hybridized carbons (Fsp3) is 0.250. The molecule has 0 unspecified atom stereocenters. The summed E-state index contributed by atoms with van der Waals surface area (Å²) in [5.74, 6) is 0. The summed E-state index contributed by atoms with van der Waals surface area (Å²) in [4.78, 5) is 3.34. The van der Waals surface area contributed by atoms with Crippen LogP contribution in [0.15, 0.2) is 16.6 Å². The summed E-state index contributed by atoms with van der Waals surface area (Å²) in [6, 6.07) is 6.30. The van der Waals surface area contributed by atoms with Crippen LogP contribution in [0.5, 0.6) is 0 Å². The summed E-state index contributed by atoms with van der Waals surface area (Å²) in [7, 11) is 0. The smallest absolute Gasteiger partial charge is 0.0670 e. The van der Waals surface area contributed by atoms with E-state index in [0.717, 1.165) is 26.6 Å². The second-order valence-electron chi connectivity index (χ2n) is 3.66. The van der Waals surface area contributed by atoms with Crippen LogP contribution in [0, 0.1) is 25.2 Å². The molecule has 0 spiro atoms. The number of hydrogen-bond donors (Lipinski definition) is 1. The van der Waals surface area contributed by atoms with Gasteiger partial charge in [0.2, 0.25) is 0 Å². The second kappa shape index (κ2) is 3.71. The maximum atomic E-state index is 8.77. The Morgan fingerprint density at radius 1 is 1.40 bits per heavy atom. The highest BCUT2D eigenvalue weighted by Crippen LogP contribution is 2.29. The molecule has 0 aliphatic carbocycles. The number of benzene rings is 1. The van der Waals surface area contributed by atoms with Gasteiger partial charge in [-0.2, -0.15) is 5.26 Å². The van der Waals surface area contributed by atoms with Gasteiger partial charge in [-0.15, -0.1) is 0 Å². The Morgan fingerprint density at radius 3 is 2.80 bits per heavy atom. The molecule has 1 N–H and O–H groups in total. The minimum atomic E-state index is 0.465. The average Bonchev–Trinajstić information content (AvgIpc) is 2.52. The topological polar surface area (TPSA) is 39.6 Å². The monoisotopic (exact) mass is 262 g/mol. The molecule has 1 heterocycles. The first-order chi connectivity index (χ1) is 7.15. The van der Waals surface area contributed by atoms with E-state index in [-0.39, 0.29) is 0 Å². The maximum Gasteiger partial charge on any atom is 0.0670 e. The highest BCUT2D eigenvalue weighted by Gasteiger charge is 2.10. The van der Waals surface area contributed by atoms with E-state index in [1.807, 2.05) is 13.0 Å². The quantitative estimate of drug-likeness (QED) is 0.838. The number of nitriles is 1. The van der Waals surface area contributed by atoms with Crippen LogP contribution in [0.1, 0.15) is 16.8 Å². The molecule has 15 heavy (non-hydrogen) atoms. The number of fused-ring (bicyclic) bond motifs is 1. The van der Waals surface area contributed by atoms with Gasteiger partial charge in [0.25, 0.3) is 0 Å². The molecule has 0 bridgehead atoms. The van der Waals surface area contributed by atoms with Gasteiger partial charge >= 0.3 is 0 Å². The van der Waals surface area contributed by atoms with Crippen LogP contribution in [0.25, 0.3) is 10.9 Å². The number of hydrogen-bond acceptors (Lipinski definition) is 1. The lowest BCUT2D eigenvalue weighted by molar-refractivity contribution is 1.19. The minimum Gasteiger partial charge on any atom is -0.358 e. The zero-order chi connectivity index (χ0) is 11.0. The van der Waals surface area contributed by atoms with Gasteiger partial charge in [-0.3, -0.25) is 0 Å². The third kappa shape index (κ3) is 1.55. The summed E-state index contributed by atoms with van der Waals surface area (Å²) in [5, 5.41) is 9.93. The molecule has 1 aromatic heterocycles. The summed E-state index contributed by atoms with van der Waals surface area (Å²) in [5.41, 5.74) is 4.53. The van der Waals surface area contributed by atoms with Crippen LogP contribution in [0.2, 0.25) is 0 Å². The normalized spacial score (nSPS) is 10.5. The van der Waals surface area contributed by atoms with E-state index >= 15 is 0 Å². The zero-order valence-electron chi connectivity index (χ0n) is 8.69. The van der Waals surface area contributed by atoms with Gasteiger partial charge < -0.3 is 4.98 Å². The van der Waals surface area contributed by atoms with Gasteiger partial charge in [0, 0.05) is 21.1 Å². The predicted octanol–water partition coefficient (Wildman–Crippen LogP) is 3.61. The Morgan fingerprint density at radius 2 is 2.13 bits per heavy atom. The lowest BCUT2D eigenvalue weighted by atomic mass is 10.1. The Balaban J connectivity index is 2.80. The molecule has 1 aromatic carbocycles. The highest BCUT2D eigenvalue weighted by molar-refractivity contribution is 9.10. The number of aryl methyl sites for hydroxylation is 2. The minimum absolute atomic E-state index is 0.465. The first-order valence-electron chi connectivity index (χ1n) is 4.78. The van der Waals surface area contributed by atoms with Crippen molar-refractivity contribution in [2.75, 3.05) is 0 Å². The van der Waals surface area contributed by atoms with Gasteiger partial charge in [0.05, 0.1) is 12.5 Å². The molecule has 0 aliphatic rings. The summed E-state index contributed by atoms with van der Waals surface area (Å²) >= 11 is 3.50. The number of aromatic nitrogens is 1. The number of aromatic amines is 1. The second-order valence-corrected chi connectivity index (χ2v) is 4.51. The van der Waals surface area contributed by atoms with Gasteiger partial charge in [-0.05, 0) is 31.0 Å². The predicted molar refractivity (Wildman–Crippen MR) is 64.8 cm³/mol. The third-order valence-corrected chi connectivity index (χ3v) is 3.60. The van der Waals surface area contributed by atoms with Gasteiger partial charge in [-0.1, -0.05) is 22.0 Å². The molecule has 0 saturated heterocycles. The fourth-order valence-corrected chi connectivity index (χ4v) is 2.20. The van der Waals surface area contributed by atoms with Crippen molar-refractivity contribution in [3.63, 3.8) is 0 Å². The molecule has 2 nitrogen and oxygen atoms in total. The Bertz CT molecular complexity index is 561. The first kappa shape index (κ1) is 10.3. The largest absolute Gasteiger partial charge is 0.358 e. The number of H-pyrrole nitrogens is 1. The summed E-state index contributed by atoms with van der Waals surface area (Å²) in [6.07, 6.45) is 0.465.